The van der Waals surface area contributed by atoms with Crippen LogP contribution in [0.5, 0.6) is 0 Å². The summed E-state index contributed by atoms with van der Waals surface area (Å²) in [6, 6.07) is 6.31. The zero-order valence-corrected chi connectivity index (χ0v) is 15.7. The molecule has 4 rings (SSSR count). The normalized spacial score (nSPS) is 27.9. The van der Waals surface area contributed by atoms with Gasteiger partial charge in [0.1, 0.15) is 0 Å². The van der Waals surface area contributed by atoms with Gasteiger partial charge in [-0.05, 0) is 74.1 Å². The number of fused-ring (bicyclic) bond motifs is 2. The lowest BCUT2D eigenvalue weighted by Crippen LogP contribution is -2.28. The SMILES string of the molecule is O=C(NCC[C@@H]1C[C@@H]2C=C[C@H]1C2)c1ccc(S(=O)(=O)N2CCCC2)cc1. The number of benzene rings is 1. The molecule has 1 saturated carbocycles. The fraction of sp³-hybridized carbons (Fsp3) is 0.550. The van der Waals surface area contributed by atoms with Gasteiger partial charge in [0.05, 0.1) is 4.90 Å². The third kappa shape index (κ3) is 3.45. The minimum atomic E-state index is -3.42. The summed E-state index contributed by atoms with van der Waals surface area (Å²) in [5.41, 5.74) is 0.512. The van der Waals surface area contributed by atoms with Crippen LogP contribution in [0.3, 0.4) is 0 Å². The first-order valence-electron chi connectivity index (χ1n) is 9.61. The lowest BCUT2D eigenvalue weighted by molar-refractivity contribution is 0.0950. The van der Waals surface area contributed by atoms with Gasteiger partial charge in [-0.1, -0.05) is 12.2 Å². The summed E-state index contributed by atoms with van der Waals surface area (Å²) in [6.45, 7) is 1.85. The van der Waals surface area contributed by atoms with Crippen LogP contribution in [-0.2, 0) is 10.0 Å². The molecule has 140 valence electrons. The van der Waals surface area contributed by atoms with Crippen molar-refractivity contribution in [3.8, 4) is 0 Å². The molecule has 1 N–H and O–H groups in total. The van der Waals surface area contributed by atoms with Crippen molar-refractivity contribution in [2.45, 2.75) is 37.0 Å². The first-order chi connectivity index (χ1) is 12.5. The van der Waals surface area contributed by atoms with Gasteiger partial charge in [0.2, 0.25) is 10.0 Å². The van der Waals surface area contributed by atoms with E-state index >= 15 is 0 Å². The molecular formula is C20H26N2O3S. The number of nitrogens with one attached hydrogen (secondary N) is 1. The highest BCUT2D eigenvalue weighted by molar-refractivity contribution is 7.89. The molecule has 2 aliphatic carbocycles. The van der Waals surface area contributed by atoms with Gasteiger partial charge in [-0.25, -0.2) is 8.42 Å². The largest absolute Gasteiger partial charge is 0.352 e. The number of hydrogen-bond donors (Lipinski definition) is 1. The Hall–Kier alpha value is -1.66. The molecule has 0 aromatic heterocycles. The number of amides is 1. The topological polar surface area (TPSA) is 66.5 Å². The third-order valence-electron chi connectivity index (χ3n) is 6.04. The molecule has 0 unspecified atom stereocenters. The Kier molecular flexibility index (Phi) is 4.88. The lowest BCUT2D eigenvalue weighted by Gasteiger charge is -2.18. The molecule has 6 heteroatoms. The number of carbonyl (C=O) groups is 1. The van der Waals surface area contributed by atoms with Crippen LogP contribution in [0.2, 0.25) is 0 Å². The van der Waals surface area contributed by atoms with Crippen LogP contribution in [0.4, 0.5) is 0 Å². The third-order valence-corrected chi connectivity index (χ3v) is 7.95. The maximum Gasteiger partial charge on any atom is 0.251 e. The summed E-state index contributed by atoms with van der Waals surface area (Å²) in [4.78, 5) is 12.6. The van der Waals surface area contributed by atoms with Crippen LogP contribution in [0.25, 0.3) is 0 Å². The second-order valence-electron chi connectivity index (χ2n) is 7.72. The minimum absolute atomic E-state index is 0.131. The number of nitrogens with zero attached hydrogens (tertiary/aromatic N) is 1. The van der Waals surface area contributed by atoms with E-state index in [2.05, 4.69) is 17.5 Å². The first-order valence-corrected chi connectivity index (χ1v) is 11.0. The molecular weight excluding hydrogens is 348 g/mol. The highest BCUT2D eigenvalue weighted by Gasteiger charge is 2.35. The van der Waals surface area contributed by atoms with Gasteiger partial charge < -0.3 is 5.32 Å². The Labute approximate surface area is 155 Å². The van der Waals surface area contributed by atoms with Gasteiger partial charge >= 0.3 is 0 Å². The summed E-state index contributed by atoms with van der Waals surface area (Å²) < 4.78 is 26.6. The zero-order valence-electron chi connectivity index (χ0n) is 14.9. The van der Waals surface area contributed by atoms with E-state index in [1.54, 1.807) is 24.3 Å². The van der Waals surface area contributed by atoms with E-state index in [0.29, 0.717) is 37.0 Å². The van der Waals surface area contributed by atoms with Gasteiger partial charge in [-0.2, -0.15) is 4.31 Å². The van der Waals surface area contributed by atoms with E-state index in [1.165, 1.54) is 17.1 Å². The highest BCUT2D eigenvalue weighted by atomic mass is 32.2. The summed E-state index contributed by atoms with van der Waals surface area (Å²) >= 11 is 0. The van der Waals surface area contributed by atoms with E-state index in [-0.39, 0.29) is 10.8 Å². The summed E-state index contributed by atoms with van der Waals surface area (Å²) in [5, 5.41) is 2.98. The van der Waals surface area contributed by atoms with Crippen molar-refractivity contribution in [1.82, 2.24) is 9.62 Å². The fourth-order valence-corrected chi connectivity index (χ4v) is 6.07. The summed E-state index contributed by atoms with van der Waals surface area (Å²) in [7, 11) is -3.42. The van der Waals surface area contributed by atoms with Crippen molar-refractivity contribution in [2.24, 2.45) is 17.8 Å². The second kappa shape index (κ2) is 7.16. The molecule has 0 spiro atoms. The molecule has 3 aliphatic rings. The Morgan fingerprint density at radius 1 is 1.08 bits per heavy atom. The van der Waals surface area contributed by atoms with Crippen LogP contribution < -0.4 is 5.32 Å². The van der Waals surface area contributed by atoms with Gasteiger partial charge in [-0.15, -0.1) is 0 Å². The number of carbonyl (C=O) groups excluding carboxylic acids is 1. The van der Waals surface area contributed by atoms with Crippen LogP contribution >= 0.6 is 0 Å². The second-order valence-corrected chi connectivity index (χ2v) is 9.66. The molecule has 0 radical (unpaired) electrons. The molecule has 3 atom stereocenters. The highest BCUT2D eigenvalue weighted by Crippen LogP contribution is 2.44. The molecule has 2 fully saturated rings. The van der Waals surface area contributed by atoms with Crippen molar-refractivity contribution in [3.63, 3.8) is 0 Å². The maximum absolute atomic E-state index is 12.5. The Bertz CT molecular complexity index is 795. The van der Waals surface area contributed by atoms with Crippen molar-refractivity contribution in [3.05, 3.63) is 42.0 Å². The smallest absolute Gasteiger partial charge is 0.251 e. The van der Waals surface area contributed by atoms with Crippen molar-refractivity contribution in [1.29, 1.82) is 0 Å². The van der Waals surface area contributed by atoms with E-state index in [0.717, 1.165) is 25.2 Å². The lowest BCUT2D eigenvalue weighted by atomic mass is 9.90. The van der Waals surface area contributed by atoms with Crippen molar-refractivity contribution < 1.29 is 13.2 Å². The summed E-state index contributed by atoms with van der Waals surface area (Å²) in [5.74, 6) is 2.02. The Morgan fingerprint density at radius 3 is 2.42 bits per heavy atom. The predicted molar refractivity (Wildman–Crippen MR) is 100 cm³/mol. The van der Waals surface area contributed by atoms with E-state index in [1.807, 2.05) is 0 Å². The van der Waals surface area contributed by atoms with Crippen molar-refractivity contribution >= 4 is 15.9 Å². The Morgan fingerprint density at radius 2 is 1.81 bits per heavy atom. The van der Waals surface area contributed by atoms with Crippen LogP contribution in [-0.4, -0.2) is 38.3 Å². The number of sulfonamides is 1. The first kappa shape index (κ1) is 17.7. The van der Waals surface area contributed by atoms with E-state index in [9.17, 15) is 13.2 Å². The molecule has 2 bridgehead atoms. The maximum atomic E-state index is 12.5. The monoisotopic (exact) mass is 374 g/mol. The molecule has 1 saturated heterocycles. The quantitative estimate of drug-likeness (QED) is 0.779. The van der Waals surface area contributed by atoms with E-state index in [4.69, 9.17) is 0 Å². The summed E-state index contributed by atoms with van der Waals surface area (Å²) in [6.07, 6.45) is 10.0. The molecule has 1 amide bonds. The molecule has 26 heavy (non-hydrogen) atoms. The van der Waals surface area contributed by atoms with Gasteiger partial charge in [0.15, 0.2) is 0 Å². The zero-order chi connectivity index (χ0) is 18.1. The number of hydrogen-bond acceptors (Lipinski definition) is 3. The predicted octanol–water partition coefficient (Wildman–Crippen LogP) is 2.80. The average molecular weight is 375 g/mol. The minimum Gasteiger partial charge on any atom is -0.352 e. The van der Waals surface area contributed by atoms with Gasteiger partial charge in [-0.3, -0.25) is 4.79 Å². The van der Waals surface area contributed by atoms with E-state index < -0.39 is 10.0 Å². The molecule has 1 aromatic carbocycles. The molecule has 1 aliphatic heterocycles. The van der Waals surface area contributed by atoms with Gasteiger partial charge in [0, 0.05) is 25.2 Å². The van der Waals surface area contributed by atoms with Gasteiger partial charge in [0.25, 0.3) is 5.91 Å². The number of allylic oxidation sites excluding steroid dienone is 2. The molecule has 1 aromatic rings. The fourth-order valence-electron chi connectivity index (χ4n) is 4.56. The van der Waals surface area contributed by atoms with Crippen LogP contribution in [0.1, 0.15) is 42.5 Å². The molecule has 5 nitrogen and oxygen atoms in total. The van der Waals surface area contributed by atoms with Crippen LogP contribution in [0.15, 0.2) is 41.3 Å². The average Bonchev–Trinajstić information content (AvgIpc) is 3.39. The number of rotatable bonds is 6. The van der Waals surface area contributed by atoms with Crippen LogP contribution in [0, 0.1) is 17.8 Å². The molecule has 1 heterocycles. The Balaban J connectivity index is 1.31. The standard InChI is InChI=1S/C20H26N2O3S/c23-20(21-10-9-18-14-15-3-4-17(18)13-15)16-5-7-19(8-6-16)26(24,25)22-11-1-2-12-22/h3-8,15,17-18H,1-2,9-14H2,(H,21,23)/t15-,17+,18-/m1/s1. The van der Waals surface area contributed by atoms with Crippen molar-refractivity contribution in [2.75, 3.05) is 19.6 Å².